The monoisotopic (exact) mass is 388 g/mol. The lowest BCUT2D eigenvalue weighted by atomic mass is 9.97. The molecule has 142 valence electrons. The van der Waals surface area contributed by atoms with Gasteiger partial charge in [0.25, 0.3) is 11.5 Å². The third-order valence-corrected chi connectivity index (χ3v) is 4.84. The van der Waals surface area contributed by atoms with Crippen LogP contribution in [0.2, 0.25) is 5.02 Å². The number of hydrogen-bond acceptors (Lipinski definition) is 4. The van der Waals surface area contributed by atoms with Gasteiger partial charge in [-0.25, -0.2) is 0 Å². The summed E-state index contributed by atoms with van der Waals surface area (Å²) in [5.74, 6) is -0.474. The van der Waals surface area contributed by atoms with E-state index in [2.05, 4.69) is 4.98 Å². The molecule has 1 aromatic heterocycles. The molecule has 0 atom stereocenters. The van der Waals surface area contributed by atoms with E-state index in [9.17, 15) is 14.4 Å². The predicted octanol–water partition coefficient (Wildman–Crippen LogP) is 3.16. The molecular weight excluding hydrogens is 368 g/mol. The lowest BCUT2D eigenvalue weighted by molar-refractivity contribution is -0.128. The van der Waals surface area contributed by atoms with Crippen LogP contribution in [0.4, 0.5) is 0 Å². The van der Waals surface area contributed by atoms with Gasteiger partial charge in [0.1, 0.15) is 5.75 Å². The zero-order valence-corrected chi connectivity index (χ0v) is 16.4. The topological polar surface area (TPSA) is 79.5 Å². The average molecular weight is 389 g/mol. The van der Waals surface area contributed by atoms with Gasteiger partial charge < -0.3 is 9.72 Å². The second kappa shape index (κ2) is 7.19. The molecule has 2 aromatic rings. The molecule has 0 spiro atoms. The number of aromatic nitrogens is 1. The van der Waals surface area contributed by atoms with Gasteiger partial charge in [-0.2, -0.15) is 0 Å². The Morgan fingerprint density at radius 1 is 1.22 bits per heavy atom. The van der Waals surface area contributed by atoms with Crippen molar-refractivity contribution in [2.75, 3.05) is 0 Å². The second-order valence-electron chi connectivity index (χ2n) is 6.98. The quantitative estimate of drug-likeness (QED) is 0.816. The summed E-state index contributed by atoms with van der Waals surface area (Å²) in [5.41, 5.74) is 2.36. The first-order chi connectivity index (χ1) is 12.7. The normalized spacial score (nSPS) is 13.9. The van der Waals surface area contributed by atoms with Crippen molar-refractivity contribution in [3.05, 3.63) is 61.5 Å². The Hall–Kier alpha value is -2.60. The zero-order valence-electron chi connectivity index (χ0n) is 15.7. The average Bonchev–Trinajstić information content (AvgIpc) is 2.55. The number of amides is 2. The van der Waals surface area contributed by atoms with E-state index in [1.807, 2.05) is 19.9 Å². The molecule has 2 amide bonds. The maximum Gasteiger partial charge on any atom is 0.262 e. The van der Waals surface area contributed by atoms with Gasteiger partial charge >= 0.3 is 0 Å². The van der Waals surface area contributed by atoms with Crippen molar-refractivity contribution in [3.63, 3.8) is 0 Å². The summed E-state index contributed by atoms with van der Waals surface area (Å²) in [7, 11) is 0. The number of fused-ring (bicyclic) bond motifs is 1. The van der Waals surface area contributed by atoms with Gasteiger partial charge in [-0.15, -0.1) is 0 Å². The molecule has 27 heavy (non-hydrogen) atoms. The van der Waals surface area contributed by atoms with E-state index in [1.54, 1.807) is 26.0 Å². The lowest BCUT2D eigenvalue weighted by Gasteiger charge is -2.28. The molecule has 1 aromatic carbocycles. The summed E-state index contributed by atoms with van der Waals surface area (Å²) >= 11 is 6.41. The molecule has 0 saturated carbocycles. The number of carbonyl (C=O) groups is 2. The number of halogens is 1. The molecule has 7 heteroatoms. The van der Waals surface area contributed by atoms with Gasteiger partial charge in [-0.1, -0.05) is 17.7 Å². The molecule has 0 fully saturated rings. The first-order valence-electron chi connectivity index (χ1n) is 8.71. The highest BCUT2D eigenvalue weighted by atomic mass is 35.5. The van der Waals surface area contributed by atoms with Crippen LogP contribution in [0, 0.1) is 13.8 Å². The van der Waals surface area contributed by atoms with E-state index in [0.717, 1.165) is 16.2 Å². The fraction of sp³-hybridized carbons (Fsp3) is 0.350. The van der Waals surface area contributed by atoms with Crippen molar-refractivity contribution < 1.29 is 14.3 Å². The highest BCUT2D eigenvalue weighted by molar-refractivity contribution is 6.36. The number of aromatic amines is 1. The van der Waals surface area contributed by atoms with Gasteiger partial charge in [-0.3, -0.25) is 19.3 Å². The van der Waals surface area contributed by atoms with Crippen molar-refractivity contribution in [2.45, 2.75) is 46.8 Å². The largest absolute Gasteiger partial charge is 0.489 e. The van der Waals surface area contributed by atoms with Gasteiger partial charge in [0.05, 0.1) is 29.7 Å². The fourth-order valence-electron chi connectivity index (χ4n) is 3.22. The van der Waals surface area contributed by atoms with Crippen LogP contribution in [-0.4, -0.2) is 27.8 Å². The molecule has 0 unspecified atom stereocenters. The van der Waals surface area contributed by atoms with Crippen molar-refractivity contribution in [1.82, 2.24) is 9.88 Å². The molecule has 0 saturated heterocycles. The van der Waals surface area contributed by atoms with Crippen molar-refractivity contribution in [3.8, 4) is 5.75 Å². The lowest BCUT2D eigenvalue weighted by Crippen LogP contribution is -2.43. The van der Waals surface area contributed by atoms with E-state index >= 15 is 0 Å². The van der Waals surface area contributed by atoms with Crippen LogP contribution >= 0.6 is 11.6 Å². The van der Waals surface area contributed by atoms with E-state index in [-0.39, 0.29) is 41.1 Å². The third kappa shape index (κ3) is 3.62. The first kappa shape index (κ1) is 19.2. The number of rotatable bonds is 4. The molecule has 1 N–H and O–H groups in total. The van der Waals surface area contributed by atoms with Crippen molar-refractivity contribution in [2.24, 2.45) is 0 Å². The van der Waals surface area contributed by atoms with Crippen molar-refractivity contribution >= 4 is 23.4 Å². The minimum atomic E-state index is -0.514. The molecule has 0 bridgehead atoms. The summed E-state index contributed by atoms with van der Waals surface area (Å²) in [6.07, 6.45) is -0.0586. The molecule has 1 aliphatic heterocycles. The molecule has 2 heterocycles. The van der Waals surface area contributed by atoms with Crippen LogP contribution in [0.1, 0.15) is 46.6 Å². The Labute approximate surface area is 162 Å². The number of ether oxygens (including phenoxy) is 1. The van der Waals surface area contributed by atoms with Crippen LogP contribution in [0.3, 0.4) is 0 Å². The van der Waals surface area contributed by atoms with Crippen LogP contribution in [-0.2, 0) is 17.8 Å². The summed E-state index contributed by atoms with van der Waals surface area (Å²) in [5, 5.41) is 0.193. The number of pyridine rings is 1. The maximum absolute atomic E-state index is 13.0. The fourth-order valence-corrected chi connectivity index (χ4v) is 3.53. The van der Waals surface area contributed by atoms with E-state index in [4.69, 9.17) is 16.3 Å². The Balaban J connectivity index is 2.01. The zero-order chi connectivity index (χ0) is 19.9. The van der Waals surface area contributed by atoms with Crippen LogP contribution in [0.15, 0.2) is 23.0 Å². The Morgan fingerprint density at radius 2 is 1.93 bits per heavy atom. The summed E-state index contributed by atoms with van der Waals surface area (Å²) in [4.78, 5) is 41.7. The number of imide groups is 1. The number of aryl methyl sites for hydroxylation is 2. The summed E-state index contributed by atoms with van der Waals surface area (Å²) in [6, 6.07) is 5.17. The number of hydrogen-bond donors (Lipinski definition) is 1. The van der Waals surface area contributed by atoms with Crippen LogP contribution in [0.25, 0.3) is 0 Å². The van der Waals surface area contributed by atoms with E-state index in [0.29, 0.717) is 16.9 Å². The van der Waals surface area contributed by atoms with Gasteiger partial charge in [0.15, 0.2) is 0 Å². The number of nitrogens with one attached hydrogen (secondary N) is 1. The van der Waals surface area contributed by atoms with Crippen LogP contribution in [0.5, 0.6) is 5.75 Å². The van der Waals surface area contributed by atoms with Crippen LogP contribution < -0.4 is 10.3 Å². The molecule has 0 aliphatic carbocycles. The Bertz CT molecular complexity index is 994. The highest BCUT2D eigenvalue weighted by Gasteiger charge is 2.34. The maximum atomic E-state index is 13.0. The van der Waals surface area contributed by atoms with Gasteiger partial charge in [0.2, 0.25) is 5.91 Å². The summed E-state index contributed by atoms with van der Waals surface area (Å²) in [6.45, 7) is 7.19. The minimum absolute atomic E-state index is 0.0472. The van der Waals surface area contributed by atoms with Gasteiger partial charge in [-0.05, 0) is 51.0 Å². The minimum Gasteiger partial charge on any atom is -0.489 e. The van der Waals surface area contributed by atoms with Gasteiger partial charge in [0, 0.05) is 11.3 Å². The standard InChI is InChI=1S/C20H21ClN2O4/c1-10(2)27-15-6-5-13-8-16(24)23(20(26)17(13)18(15)21)9-14-11(3)7-12(4)22-19(14)25/h5-7,10H,8-9H2,1-4H3,(H,22,25). The molecule has 1 aliphatic rings. The smallest absolute Gasteiger partial charge is 0.262 e. The molecule has 3 rings (SSSR count). The number of H-pyrrole nitrogens is 1. The second-order valence-corrected chi connectivity index (χ2v) is 7.36. The SMILES string of the molecule is Cc1cc(C)c(CN2C(=O)Cc3ccc(OC(C)C)c(Cl)c3C2=O)c(=O)[nH]1. The molecular formula is C20H21ClN2O4. The molecule has 6 nitrogen and oxygen atoms in total. The van der Waals surface area contributed by atoms with E-state index in [1.165, 1.54) is 0 Å². The highest BCUT2D eigenvalue weighted by Crippen LogP contribution is 2.35. The number of benzene rings is 1. The van der Waals surface area contributed by atoms with Crippen molar-refractivity contribution in [1.29, 1.82) is 0 Å². The number of carbonyl (C=O) groups excluding carboxylic acids is 2. The van der Waals surface area contributed by atoms with E-state index < -0.39 is 5.91 Å². The Morgan fingerprint density at radius 3 is 2.56 bits per heavy atom. The predicted molar refractivity (Wildman–Crippen MR) is 102 cm³/mol. The number of nitrogens with zero attached hydrogens (tertiary/aromatic N) is 1. The first-order valence-corrected chi connectivity index (χ1v) is 9.09. The third-order valence-electron chi connectivity index (χ3n) is 4.47. The Kier molecular flexibility index (Phi) is 5.11. The molecule has 0 radical (unpaired) electrons. The summed E-state index contributed by atoms with van der Waals surface area (Å²) < 4.78 is 5.65.